The van der Waals surface area contributed by atoms with Gasteiger partial charge in [0.05, 0.1) is 5.57 Å². The number of fused-ring (bicyclic) bond motifs is 4. The van der Waals surface area contributed by atoms with Gasteiger partial charge in [-0.1, -0.05) is 27.2 Å². The number of hydrogen-bond donors (Lipinski definition) is 0. The third kappa shape index (κ3) is 2.21. The summed E-state index contributed by atoms with van der Waals surface area (Å²) in [6.45, 7) is 8.56. The molecule has 0 aromatic rings. The number of ether oxygens (including phenoxy) is 3. The maximum Gasteiger partial charge on any atom is 0.343 e. The Morgan fingerprint density at radius 1 is 1.26 bits per heavy atom. The Morgan fingerprint density at radius 2 is 2.04 bits per heavy atom. The summed E-state index contributed by atoms with van der Waals surface area (Å²) < 4.78 is 17.1. The average molecular weight is 372 g/mol. The zero-order chi connectivity index (χ0) is 19.2. The normalized spacial score (nSPS) is 43.6. The van der Waals surface area contributed by atoms with Crippen molar-refractivity contribution in [2.24, 2.45) is 22.7 Å². The molecule has 5 atom stereocenters. The predicted octanol–water partition coefficient (Wildman–Crippen LogP) is 3.68. The van der Waals surface area contributed by atoms with Crippen molar-refractivity contribution < 1.29 is 23.8 Å². The van der Waals surface area contributed by atoms with Gasteiger partial charge in [0.25, 0.3) is 0 Å². The van der Waals surface area contributed by atoms with E-state index >= 15 is 0 Å². The number of carbonyl (C=O) groups is 2. The van der Waals surface area contributed by atoms with Crippen LogP contribution in [0.2, 0.25) is 0 Å². The van der Waals surface area contributed by atoms with Gasteiger partial charge < -0.3 is 14.2 Å². The second-order valence-corrected chi connectivity index (χ2v) is 9.96. The van der Waals surface area contributed by atoms with E-state index in [-0.39, 0.29) is 29.6 Å². The van der Waals surface area contributed by atoms with Crippen LogP contribution in [0.3, 0.4) is 0 Å². The first kappa shape index (κ1) is 17.5. The van der Waals surface area contributed by atoms with Gasteiger partial charge >= 0.3 is 11.9 Å². The first-order chi connectivity index (χ1) is 12.7. The van der Waals surface area contributed by atoms with E-state index in [0.717, 1.165) is 12.0 Å². The molecule has 1 spiro atoms. The molecule has 0 amide bonds. The Bertz CT molecular complexity index is 806. The lowest BCUT2D eigenvalue weighted by Crippen LogP contribution is -2.55. The molecule has 0 radical (unpaired) electrons. The molecule has 27 heavy (non-hydrogen) atoms. The Balaban J connectivity index is 1.56. The van der Waals surface area contributed by atoms with Gasteiger partial charge in [-0.05, 0) is 48.5 Å². The molecule has 0 unspecified atom stereocenters. The summed E-state index contributed by atoms with van der Waals surface area (Å²) >= 11 is 0. The minimum absolute atomic E-state index is 0.0334. The summed E-state index contributed by atoms with van der Waals surface area (Å²) in [6, 6.07) is 0. The van der Waals surface area contributed by atoms with Crippen LogP contribution in [0.5, 0.6) is 0 Å². The average Bonchev–Trinajstić information content (AvgIpc) is 3.20. The minimum atomic E-state index is -0.397. The number of rotatable bonds is 2. The van der Waals surface area contributed by atoms with Crippen molar-refractivity contribution in [2.45, 2.75) is 71.5 Å². The SMILES string of the molecule is CC(=O)OCC1=C2C(=C[C@H]3[C@]4(C)CCCC(C)(C)[C@H]4CC[C@]34O[C@H]24)OC1=O. The third-order valence-electron chi connectivity index (χ3n) is 8.10. The molecule has 5 aliphatic rings. The molecule has 3 aliphatic carbocycles. The maximum absolute atomic E-state index is 12.4. The van der Waals surface area contributed by atoms with Crippen molar-refractivity contribution in [1.29, 1.82) is 0 Å². The van der Waals surface area contributed by atoms with Crippen molar-refractivity contribution in [3.05, 3.63) is 23.0 Å². The van der Waals surface area contributed by atoms with Gasteiger partial charge in [-0.3, -0.25) is 4.79 Å². The second-order valence-electron chi connectivity index (χ2n) is 9.96. The monoisotopic (exact) mass is 372 g/mol. The predicted molar refractivity (Wildman–Crippen MR) is 97.4 cm³/mol. The van der Waals surface area contributed by atoms with Gasteiger partial charge in [-0.15, -0.1) is 0 Å². The van der Waals surface area contributed by atoms with Gasteiger partial charge in [-0.2, -0.15) is 0 Å². The molecule has 5 rings (SSSR count). The van der Waals surface area contributed by atoms with Crippen molar-refractivity contribution in [3.63, 3.8) is 0 Å². The highest BCUT2D eigenvalue weighted by molar-refractivity contribution is 5.96. The fourth-order valence-electron chi connectivity index (χ4n) is 6.94. The molecule has 2 heterocycles. The van der Waals surface area contributed by atoms with Gasteiger partial charge in [0, 0.05) is 18.4 Å². The zero-order valence-electron chi connectivity index (χ0n) is 16.6. The first-order valence-corrected chi connectivity index (χ1v) is 10.2. The number of carbonyl (C=O) groups excluding carboxylic acids is 2. The fourth-order valence-corrected chi connectivity index (χ4v) is 6.94. The van der Waals surface area contributed by atoms with Crippen LogP contribution in [0.4, 0.5) is 0 Å². The number of esters is 2. The summed E-state index contributed by atoms with van der Waals surface area (Å²) in [4.78, 5) is 23.6. The topological polar surface area (TPSA) is 65.1 Å². The van der Waals surface area contributed by atoms with Crippen LogP contribution in [0.15, 0.2) is 23.0 Å². The quantitative estimate of drug-likeness (QED) is 0.546. The highest BCUT2D eigenvalue weighted by Crippen LogP contribution is 2.71. The molecule has 3 fully saturated rings. The van der Waals surface area contributed by atoms with E-state index in [1.54, 1.807) is 0 Å². The summed E-state index contributed by atoms with van der Waals surface area (Å²) in [7, 11) is 0. The van der Waals surface area contributed by atoms with E-state index in [1.807, 2.05) is 0 Å². The van der Waals surface area contributed by atoms with Gasteiger partial charge in [0.1, 0.15) is 24.1 Å². The van der Waals surface area contributed by atoms with E-state index < -0.39 is 11.9 Å². The molecule has 0 aromatic heterocycles. The number of hydrogen-bond acceptors (Lipinski definition) is 5. The van der Waals surface area contributed by atoms with Crippen molar-refractivity contribution >= 4 is 11.9 Å². The van der Waals surface area contributed by atoms with Crippen LogP contribution in [0, 0.1) is 22.7 Å². The molecule has 2 aliphatic heterocycles. The van der Waals surface area contributed by atoms with E-state index in [4.69, 9.17) is 14.2 Å². The Morgan fingerprint density at radius 3 is 2.78 bits per heavy atom. The van der Waals surface area contributed by atoms with Gasteiger partial charge in [0.15, 0.2) is 0 Å². The second kappa shape index (κ2) is 5.25. The highest BCUT2D eigenvalue weighted by atomic mass is 16.6. The molecular weight excluding hydrogens is 344 g/mol. The zero-order valence-corrected chi connectivity index (χ0v) is 16.6. The van der Waals surface area contributed by atoms with E-state index in [0.29, 0.717) is 22.7 Å². The number of epoxide rings is 1. The molecule has 5 heteroatoms. The smallest absolute Gasteiger partial charge is 0.343 e. The van der Waals surface area contributed by atoms with E-state index in [1.165, 1.54) is 32.6 Å². The van der Waals surface area contributed by atoms with Crippen LogP contribution < -0.4 is 0 Å². The van der Waals surface area contributed by atoms with Crippen LogP contribution in [0.1, 0.15) is 59.8 Å². The first-order valence-electron chi connectivity index (χ1n) is 10.2. The fraction of sp³-hybridized carbons (Fsp3) is 0.727. The van der Waals surface area contributed by atoms with E-state index in [9.17, 15) is 9.59 Å². The molecular formula is C22H28O5. The van der Waals surface area contributed by atoms with Crippen LogP contribution in [0.25, 0.3) is 0 Å². The Kier molecular flexibility index (Phi) is 3.40. The van der Waals surface area contributed by atoms with Crippen LogP contribution in [-0.2, 0) is 23.8 Å². The standard InChI is InChI=1S/C22H28O5/c1-12(23)25-11-13-17-14(26-19(13)24)10-16-21(4)8-5-7-20(2,3)15(21)6-9-22(16)18(17)27-22/h10,15-16,18H,5-9,11H2,1-4H3/t15-,16+,18-,21-,22+/m1/s1. The van der Waals surface area contributed by atoms with Gasteiger partial charge in [0.2, 0.25) is 0 Å². The maximum atomic E-state index is 12.4. The summed E-state index contributed by atoms with van der Waals surface area (Å²) in [6.07, 6.45) is 7.98. The van der Waals surface area contributed by atoms with Crippen molar-refractivity contribution in [3.8, 4) is 0 Å². The molecule has 2 saturated carbocycles. The highest BCUT2D eigenvalue weighted by Gasteiger charge is 2.73. The molecule has 0 aromatic carbocycles. The lowest BCUT2D eigenvalue weighted by molar-refractivity contribution is -0.141. The summed E-state index contributed by atoms with van der Waals surface area (Å²) in [5.74, 6) is 0.779. The molecule has 0 bridgehead atoms. The Hall–Kier alpha value is -1.62. The minimum Gasteiger partial charge on any atom is -0.461 e. The summed E-state index contributed by atoms with van der Waals surface area (Å²) in [5, 5.41) is 0. The molecule has 5 nitrogen and oxygen atoms in total. The summed E-state index contributed by atoms with van der Waals surface area (Å²) in [5.41, 5.74) is 1.58. The lowest BCUT2D eigenvalue weighted by atomic mass is 9.45. The van der Waals surface area contributed by atoms with Crippen LogP contribution in [-0.4, -0.2) is 30.3 Å². The van der Waals surface area contributed by atoms with Gasteiger partial charge in [-0.25, -0.2) is 4.79 Å². The Labute approximate surface area is 160 Å². The van der Waals surface area contributed by atoms with Crippen molar-refractivity contribution in [1.82, 2.24) is 0 Å². The van der Waals surface area contributed by atoms with E-state index in [2.05, 4.69) is 26.8 Å². The third-order valence-corrected chi connectivity index (χ3v) is 8.10. The molecule has 1 saturated heterocycles. The lowest BCUT2D eigenvalue weighted by Gasteiger charge is -2.59. The van der Waals surface area contributed by atoms with Crippen LogP contribution >= 0.6 is 0 Å². The largest absolute Gasteiger partial charge is 0.461 e. The van der Waals surface area contributed by atoms with Crippen molar-refractivity contribution in [2.75, 3.05) is 6.61 Å². The molecule has 146 valence electrons. The molecule has 0 N–H and O–H groups in total.